The summed E-state index contributed by atoms with van der Waals surface area (Å²) >= 11 is 0. The SMILES string of the molecule is CCCCN1CCC(NC(C)=O)=N1. The number of hydrazone groups is 1. The second kappa shape index (κ2) is 4.84. The average Bonchev–Trinajstić information content (AvgIpc) is 2.48. The molecule has 0 fully saturated rings. The molecule has 0 aromatic rings. The Morgan fingerprint density at radius 3 is 3.08 bits per heavy atom. The van der Waals surface area contributed by atoms with Crippen molar-refractivity contribution in [3.8, 4) is 0 Å². The quantitative estimate of drug-likeness (QED) is 0.707. The van der Waals surface area contributed by atoms with Crippen LogP contribution in [0, 0.1) is 0 Å². The van der Waals surface area contributed by atoms with Crippen LogP contribution in [-0.2, 0) is 4.79 Å². The fraction of sp³-hybridized carbons (Fsp3) is 0.778. The van der Waals surface area contributed by atoms with Gasteiger partial charge in [-0.25, -0.2) is 0 Å². The zero-order valence-electron chi connectivity index (χ0n) is 8.34. The zero-order valence-corrected chi connectivity index (χ0v) is 8.34. The Hall–Kier alpha value is -1.06. The van der Waals surface area contributed by atoms with E-state index in [1.54, 1.807) is 0 Å². The maximum Gasteiger partial charge on any atom is 0.222 e. The molecule has 0 radical (unpaired) electrons. The number of hydrogen-bond donors (Lipinski definition) is 1. The number of nitrogens with zero attached hydrogens (tertiary/aromatic N) is 2. The minimum absolute atomic E-state index is 0.0314. The van der Waals surface area contributed by atoms with E-state index in [1.165, 1.54) is 13.3 Å². The van der Waals surface area contributed by atoms with Gasteiger partial charge in [-0.2, -0.15) is 5.10 Å². The van der Waals surface area contributed by atoms with Crippen LogP contribution in [0.15, 0.2) is 5.10 Å². The van der Waals surface area contributed by atoms with Gasteiger partial charge in [0.1, 0.15) is 5.84 Å². The summed E-state index contributed by atoms with van der Waals surface area (Å²) in [6.45, 7) is 5.61. The molecule has 0 aliphatic carbocycles. The second-order valence-electron chi connectivity index (χ2n) is 3.29. The van der Waals surface area contributed by atoms with Crippen LogP contribution in [0.2, 0.25) is 0 Å². The molecule has 0 atom stereocenters. The lowest BCUT2D eigenvalue weighted by Crippen LogP contribution is -2.26. The standard InChI is InChI=1S/C9H17N3O/c1-3-4-6-12-7-5-9(11-12)10-8(2)13/h3-7H2,1-2H3,(H,10,11,13). The first-order valence-electron chi connectivity index (χ1n) is 4.82. The summed E-state index contributed by atoms with van der Waals surface area (Å²) in [5.74, 6) is 0.777. The number of carbonyl (C=O) groups excluding carboxylic acids is 1. The molecule has 1 N–H and O–H groups in total. The minimum atomic E-state index is -0.0314. The molecule has 1 rings (SSSR count). The van der Waals surface area contributed by atoms with Crippen LogP contribution in [0.1, 0.15) is 33.1 Å². The van der Waals surface area contributed by atoms with E-state index in [4.69, 9.17) is 0 Å². The van der Waals surface area contributed by atoms with Gasteiger partial charge in [-0.1, -0.05) is 13.3 Å². The third-order valence-electron chi connectivity index (χ3n) is 1.96. The number of hydrogen-bond acceptors (Lipinski definition) is 3. The summed E-state index contributed by atoms with van der Waals surface area (Å²) in [4.78, 5) is 10.7. The molecule has 0 saturated carbocycles. The summed E-state index contributed by atoms with van der Waals surface area (Å²) in [7, 11) is 0. The molecule has 0 spiro atoms. The van der Waals surface area contributed by atoms with Crippen molar-refractivity contribution < 1.29 is 4.79 Å². The van der Waals surface area contributed by atoms with Gasteiger partial charge in [-0.15, -0.1) is 0 Å². The second-order valence-corrected chi connectivity index (χ2v) is 3.29. The Balaban J connectivity index is 2.30. The van der Waals surface area contributed by atoms with E-state index in [0.29, 0.717) is 0 Å². The minimum Gasteiger partial charge on any atom is -0.313 e. The van der Waals surface area contributed by atoms with E-state index in [2.05, 4.69) is 17.3 Å². The predicted molar refractivity (Wildman–Crippen MR) is 52.3 cm³/mol. The molecule has 0 unspecified atom stereocenters. The molecule has 0 aromatic heterocycles. The predicted octanol–water partition coefficient (Wildman–Crippen LogP) is 0.942. The fourth-order valence-electron chi connectivity index (χ4n) is 1.30. The fourth-order valence-corrected chi connectivity index (χ4v) is 1.30. The maximum absolute atomic E-state index is 10.7. The molecule has 0 aromatic carbocycles. The Morgan fingerprint density at radius 2 is 2.46 bits per heavy atom. The van der Waals surface area contributed by atoms with Crippen molar-refractivity contribution in [3.05, 3.63) is 0 Å². The monoisotopic (exact) mass is 183 g/mol. The van der Waals surface area contributed by atoms with Crippen LogP contribution in [-0.4, -0.2) is 29.8 Å². The lowest BCUT2D eigenvalue weighted by molar-refractivity contribution is -0.117. The van der Waals surface area contributed by atoms with E-state index < -0.39 is 0 Å². The zero-order chi connectivity index (χ0) is 9.68. The molecule has 74 valence electrons. The largest absolute Gasteiger partial charge is 0.313 e. The van der Waals surface area contributed by atoms with E-state index in [0.717, 1.165) is 31.8 Å². The number of rotatable bonds is 3. The molecular formula is C9H17N3O. The van der Waals surface area contributed by atoms with Crippen molar-refractivity contribution in [3.63, 3.8) is 0 Å². The van der Waals surface area contributed by atoms with Crippen molar-refractivity contribution in [1.29, 1.82) is 0 Å². The summed E-state index contributed by atoms with van der Waals surface area (Å²) in [6.07, 6.45) is 3.21. The summed E-state index contributed by atoms with van der Waals surface area (Å²) in [5, 5.41) is 9.02. The van der Waals surface area contributed by atoms with Crippen LogP contribution in [0.4, 0.5) is 0 Å². The smallest absolute Gasteiger partial charge is 0.222 e. The first-order chi connectivity index (χ1) is 6.22. The molecule has 1 heterocycles. The van der Waals surface area contributed by atoms with Crippen LogP contribution in [0.3, 0.4) is 0 Å². The van der Waals surface area contributed by atoms with E-state index in [1.807, 2.05) is 5.01 Å². The molecule has 0 saturated heterocycles. The lowest BCUT2D eigenvalue weighted by Gasteiger charge is -2.11. The van der Waals surface area contributed by atoms with Gasteiger partial charge in [0.2, 0.25) is 5.91 Å². The third kappa shape index (κ3) is 3.44. The molecule has 1 aliphatic rings. The highest BCUT2D eigenvalue weighted by molar-refractivity contribution is 5.97. The first-order valence-corrected chi connectivity index (χ1v) is 4.82. The highest BCUT2D eigenvalue weighted by Crippen LogP contribution is 2.05. The average molecular weight is 183 g/mol. The first kappa shape index (κ1) is 10.0. The Bertz CT molecular complexity index is 213. The van der Waals surface area contributed by atoms with Gasteiger partial charge in [-0.3, -0.25) is 9.80 Å². The molecule has 1 amide bonds. The summed E-state index contributed by atoms with van der Waals surface area (Å²) in [5.41, 5.74) is 0. The van der Waals surface area contributed by atoms with Gasteiger partial charge < -0.3 is 5.32 Å². The topological polar surface area (TPSA) is 44.7 Å². The Labute approximate surface area is 79.0 Å². The number of amidine groups is 1. The highest BCUT2D eigenvalue weighted by atomic mass is 16.1. The lowest BCUT2D eigenvalue weighted by atomic mass is 10.3. The van der Waals surface area contributed by atoms with E-state index >= 15 is 0 Å². The van der Waals surface area contributed by atoms with Crippen LogP contribution in [0.5, 0.6) is 0 Å². The van der Waals surface area contributed by atoms with E-state index in [-0.39, 0.29) is 5.91 Å². The van der Waals surface area contributed by atoms with Gasteiger partial charge in [-0.05, 0) is 6.42 Å². The Kier molecular flexibility index (Phi) is 3.73. The molecule has 4 nitrogen and oxygen atoms in total. The van der Waals surface area contributed by atoms with Crippen molar-refractivity contribution in [1.82, 2.24) is 10.3 Å². The van der Waals surface area contributed by atoms with Gasteiger partial charge in [0.25, 0.3) is 0 Å². The normalized spacial score (nSPS) is 15.8. The van der Waals surface area contributed by atoms with Crippen LogP contribution in [0.25, 0.3) is 0 Å². The van der Waals surface area contributed by atoms with Crippen molar-refractivity contribution >= 4 is 11.7 Å². The number of unbranched alkanes of at least 4 members (excludes halogenated alkanes) is 1. The molecule has 4 heteroatoms. The van der Waals surface area contributed by atoms with Crippen molar-refractivity contribution in [2.24, 2.45) is 5.10 Å². The summed E-state index contributed by atoms with van der Waals surface area (Å²) < 4.78 is 0. The van der Waals surface area contributed by atoms with Crippen molar-refractivity contribution in [2.75, 3.05) is 13.1 Å². The van der Waals surface area contributed by atoms with Crippen LogP contribution >= 0.6 is 0 Å². The summed E-state index contributed by atoms with van der Waals surface area (Å²) in [6, 6.07) is 0. The number of nitrogens with one attached hydrogen (secondary N) is 1. The third-order valence-corrected chi connectivity index (χ3v) is 1.96. The maximum atomic E-state index is 10.7. The van der Waals surface area contributed by atoms with Crippen molar-refractivity contribution in [2.45, 2.75) is 33.1 Å². The number of amides is 1. The van der Waals surface area contributed by atoms with Crippen LogP contribution < -0.4 is 5.32 Å². The van der Waals surface area contributed by atoms with Gasteiger partial charge >= 0.3 is 0 Å². The van der Waals surface area contributed by atoms with Gasteiger partial charge in [0.05, 0.1) is 0 Å². The highest BCUT2D eigenvalue weighted by Gasteiger charge is 2.13. The van der Waals surface area contributed by atoms with Gasteiger partial charge in [0.15, 0.2) is 0 Å². The molecule has 13 heavy (non-hydrogen) atoms. The Morgan fingerprint density at radius 1 is 1.69 bits per heavy atom. The number of carbonyl (C=O) groups is 1. The molecule has 0 bridgehead atoms. The molecule has 1 aliphatic heterocycles. The molecular weight excluding hydrogens is 166 g/mol. The van der Waals surface area contributed by atoms with E-state index in [9.17, 15) is 4.79 Å². The van der Waals surface area contributed by atoms with Gasteiger partial charge in [0, 0.05) is 26.4 Å².